The molecule has 19 heavy (non-hydrogen) atoms. The summed E-state index contributed by atoms with van der Waals surface area (Å²) in [5, 5.41) is 0.459. The molecule has 0 N–H and O–H groups in total. The number of Topliss-reactive ketones (excluding diaryl/α,β-unsaturated/α-hetero) is 1. The number of ether oxygens (including phenoxy) is 1. The average molecular weight is 340 g/mol. The van der Waals surface area contributed by atoms with E-state index < -0.39 is 0 Å². The first-order valence-electron chi connectivity index (χ1n) is 5.72. The molecular weight excluding hydrogens is 328 g/mol. The highest BCUT2D eigenvalue weighted by Gasteiger charge is 2.12. The van der Waals surface area contributed by atoms with Crippen LogP contribution in [-0.4, -0.2) is 12.9 Å². The molecular formula is C15H12BrClO2. The molecule has 2 nitrogen and oxygen atoms in total. The molecule has 0 saturated heterocycles. The molecule has 0 aromatic heterocycles. The fourth-order valence-corrected chi connectivity index (χ4v) is 2.34. The first kappa shape index (κ1) is 14.1. The Labute approximate surface area is 125 Å². The summed E-state index contributed by atoms with van der Waals surface area (Å²) in [5.41, 5.74) is 1.47. The van der Waals surface area contributed by atoms with Gasteiger partial charge in [-0.05, 0) is 45.8 Å². The second-order valence-corrected chi connectivity index (χ2v) is 5.28. The largest absolute Gasteiger partial charge is 0.497 e. The maximum atomic E-state index is 12.2. The van der Waals surface area contributed by atoms with Crippen molar-refractivity contribution in [2.45, 2.75) is 6.42 Å². The molecule has 0 saturated carbocycles. The van der Waals surface area contributed by atoms with Gasteiger partial charge in [0.15, 0.2) is 5.78 Å². The van der Waals surface area contributed by atoms with E-state index in [0.717, 1.165) is 15.8 Å². The third-order valence-corrected chi connectivity index (χ3v) is 4.07. The Morgan fingerprint density at radius 3 is 2.53 bits per heavy atom. The van der Waals surface area contributed by atoms with Gasteiger partial charge in [-0.1, -0.05) is 29.8 Å². The maximum Gasteiger partial charge on any atom is 0.168 e. The maximum absolute atomic E-state index is 12.2. The van der Waals surface area contributed by atoms with Crippen LogP contribution in [-0.2, 0) is 6.42 Å². The van der Waals surface area contributed by atoms with Gasteiger partial charge in [-0.3, -0.25) is 4.79 Å². The number of halogens is 2. The van der Waals surface area contributed by atoms with E-state index in [9.17, 15) is 4.79 Å². The smallest absolute Gasteiger partial charge is 0.168 e. The lowest BCUT2D eigenvalue weighted by Crippen LogP contribution is -2.04. The van der Waals surface area contributed by atoms with Crippen molar-refractivity contribution in [2.24, 2.45) is 0 Å². The van der Waals surface area contributed by atoms with E-state index in [1.54, 1.807) is 19.2 Å². The molecule has 2 rings (SSSR count). The lowest BCUT2D eigenvalue weighted by atomic mass is 10.0. The second-order valence-electron chi connectivity index (χ2n) is 4.05. The number of hydrogen-bond donors (Lipinski definition) is 0. The minimum Gasteiger partial charge on any atom is -0.497 e. The molecule has 0 aliphatic carbocycles. The van der Waals surface area contributed by atoms with Crippen LogP contribution >= 0.6 is 27.5 Å². The summed E-state index contributed by atoms with van der Waals surface area (Å²) < 4.78 is 5.81. The Balaban J connectivity index is 2.18. The van der Waals surface area contributed by atoms with Gasteiger partial charge in [0.25, 0.3) is 0 Å². The van der Waals surface area contributed by atoms with Crippen LogP contribution in [0.25, 0.3) is 0 Å². The number of carbonyl (C=O) groups excluding carboxylic acids is 1. The highest BCUT2D eigenvalue weighted by atomic mass is 79.9. The van der Waals surface area contributed by atoms with E-state index in [1.165, 1.54) is 0 Å². The Bertz CT molecular complexity index is 594. The molecule has 4 heteroatoms. The summed E-state index contributed by atoms with van der Waals surface area (Å²) in [6.45, 7) is 0. The predicted octanol–water partition coefficient (Wildman–Crippen LogP) is 4.54. The Kier molecular flexibility index (Phi) is 4.61. The minimum absolute atomic E-state index is 0.00327. The van der Waals surface area contributed by atoms with E-state index >= 15 is 0 Å². The molecule has 0 heterocycles. The van der Waals surface area contributed by atoms with Gasteiger partial charge >= 0.3 is 0 Å². The number of hydrogen-bond acceptors (Lipinski definition) is 2. The van der Waals surface area contributed by atoms with E-state index in [1.807, 2.05) is 30.3 Å². The van der Waals surface area contributed by atoms with Crippen molar-refractivity contribution >= 4 is 33.3 Å². The molecule has 0 radical (unpaired) electrons. The zero-order valence-electron chi connectivity index (χ0n) is 10.3. The number of carbonyl (C=O) groups is 1. The van der Waals surface area contributed by atoms with E-state index in [-0.39, 0.29) is 5.78 Å². The molecule has 0 spiro atoms. The molecule has 0 aliphatic rings. The summed E-state index contributed by atoms with van der Waals surface area (Å²) in [6.07, 6.45) is 0.320. The van der Waals surface area contributed by atoms with E-state index in [2.05, 4.69) is 15.9 Å². The van der Waals surface area contributed by atoms with Crippen LogP contribution in [0.5, 0.6) is 5.75 Å². The zero-order chi connectivity index (χ0) is 13.8. The van der Waals surface area contributed by atoms with E-state index in [0.29, 0.717) is 17.0 Å². The molecule has 0 unspecified atom stereocenters. The average Bonchev–Trinajstić information content (AvgIpc) is 2.42. The SMILES string of the molecule is COc1ccc(CC(=O)c2cccc(Br)c2Cl)cc1. The molecule has 0 atom stereocenters. The number of rotatable bonds is 4. The third-order valence-electron chi connectivity index (χ3n) is 2.78. The summed E-state index contributed by atoms with van der Waals surface area (Å²) >= 11 is 9.43. The number of benzene rings is 2. The topological polar surface area (TPSA) is 26.3 Å². The van der Waals surface area contributed by atoms with Gasteiger partial charge in [-0.25, -0.2) is 0 Å². The van der Waals surface area contributed by atoms with Crippen LogP contribution in [0, 0.1) is 0 Å². The highest BCUT2D eigenvalue weighted by molar-refractivity contribution is 9.10. The first-order chi connectivity index (χ1) is 9.11. The van der Waals surface area contributed by atoms with Crippen LogP contribution in [0.15, 0.2) is 46.9 Å². The molecule has 0 amide bonds. The molecule has 0 fully saturated rings. The third kappa shape index (κ3) is 3.37. The lowest BCUT2D eigenvalue weighted by Gasteiger charge is -2.06. The fraction of sp³-hybridized carbons (Fsp3) is 0.133. The van der Waals surface area contributed by atoms with Crippen LogP contribution in [0.4, 0.5) is 0 Å². The molecule has 2 aromatic carbocycles. The fourth-order valence-electron chi connectivity index (χ4n) is 1.74. The van der Waals surface area contributed by atoms with Gasteiger partial charge in [0, 0.05) is 16.5 Å². The summed E-state index contributed by atoms with van der Waals surface area (Å²) in [5.74, 6) is 0.771. The summed E-state index contributed by atoms with van der Waals surface area (Å²) in [7, 11) is 1.61. The Morgan fingerprint density at radius 2 is 1.89 bits per heavy atom. The Hall–Kier alpha value is -1.32. The molecule has 0 aliphatic heterocycles. The highest BCUT2D eigenvalue weighted by Crippen LogP contribution is 2.27. The molecule has 0 bridgehead atoms. The second kappa shape index (κ2) is 6.22. The first-order valence-corrected chi connectivity index (χ1v) is 6.89. The van der Waals surface area contributed by atoms with Crippen molar-refractivity contribution in [2.75, 3.05) is 7.11 Å². The monoisotopic (exact) mass is 338 g/mol. The van der Waals surface area contributed by atoms with Crippen molar-refractivity contribution in [1.82, 2.24) is 0 Å². The van der Waals surface area contributed by atoms with Gasteiger partial charge in [0.05, 0.1) is 12.1 Å². The van der Waals surface area contributed by atoms with Crippen LogP contribution < -0.4 is 4.74 Å². The zero-order valence-corrected chi connectivity index (χ0v) is 12.7. The number of ketones is 1. The quantitative estimate of drug-likeness (QED) is 0.765. The van der Waals surface area contributed by atoms with Gasteiger partial charge in [-0.2, -0.15) is 0 Å². The summed E-state index contributed by atoms with van der Waals surface area (Å²) in [4.78, 5) is 12.2. The van der Waals surface area contributed by atoms with Gasteiger partial charge in [0.2, 0.25) is 0 Å². The van der Waals surface area contributed by atoms with Crippen LogP contribution in [0.1, 0.15) is 15.9 Å². The molecule has 98 valence electrons. The standard InChI is InChI=1S/C15H12BrClO2/c1-19-11-7-5-10(6-8-11)9-14(18)12-3-2-4-13(16)15(12)17/h2-8H,9H2,1H3. The number of methoxy groups -OCH3 is 1. The van der Waals surface area contributed by atoms with Crippen molar-refractivity contribution in [1.29, 1.82) is 0 Å². The van der Waals surface area contributed by atoms with Crippen molar-refractivity contribution in [3.05, 3.63) is 63.1 Å². The normalized spacial score (nSPS) is 10.3. The van der Waals surface area contributed by atoms with Crippen LogP contribution in [0.3, 0.4) is 0 Å². The lowest BCUT2D eigenvalue weighted by molar-refractivity contribution is 0.0993. The van der Waals surface area contributed by atoms with E-state index in [4.69, 9.17) is 16.3 Å². The van der Waals surface area contributed by atoms with Gasteiger partial charge in [0.1, 0.15) is 5.75 Å². The van der Waals surface area contributed by atoms with Crippen LogP contribution in [0.2, 0.25) is 5.02 Å². The molecule has 2 aromatic rings. The van der Waals surface area contributed by atoms with Gasteiger partial charge < -0.3 is 4.74 Å². The summed E-state index contributed by atoms with van der Waals surface area (Å²) in [6, 6.07) is 12.8. The minimum atomic E-state index is -0.00327. The van der Waals surface area contributed by atoms with Gasteiger partial charge in [-0.15, -0.1) is 0 Å². The van der Waals surface area contributed by atoms with Crippen molar-refractivity contribution < 1.29 is 9.53 Å². The predicted molar refractivity (Wildman–Crippen MR) is 80.2 cm³/mol. The van der Waals surface area contributed by atoms with Crippen molar-refractivity contribution in [3.63, 3.8) is 0 Å². The van der Waals surface area contributed by atoms with Crippen molar-refractivity contribution in [3.8, 4) is 5.75 Å². The Morgan fingerprint density at radius 1 is 1.21 bits per heavy atom.